The number of piperidine rings is 1. The summed E-state index contributed by atoms with van der Waals surface area (Å²) in [5.41, 5.74) is 1.53. The molecule has 5 rings (SSSR count). The van der Waals surface area contributed by atoms with Crippen LogP contribution in [0.3, 0.4) is 0 Å². The van der Waals surface area contributed by atoms with E-state index in [2.05, 4.69) is 4.57 Å². The molecule has 2 aliphatic rings. The zero-order valence-corrected chi connectivity index (χ0v) is 17.8. The summed E-state index contributed by atoms with van der Waals surface area (Å²) in [6.07, 6.45) is 2.87. The Kier molecular flexibility index (Phi) is 5.05. The molecule has 1 saturated heterocycles. The van der Waals surface area contributed by atoms with Crippen LogP contribution < -0.4 is 5.56 Å². The second kappa shape index (κ2) is 7.90. The average molecular weight is 436 g/mol. The Morgan fingerprint density at radius 3 is 2.81 bits per heavy atom. The van der Waals surface area contributed by atoms with E-state index < -0.39 is 16.2 Å². The summed E-state index contributed by atoms with van der Waals surface area (Å²) in [7, 11) is 1.67. The van der Waals surface area contributed by atoms with Crippen LogP contribution in [0.1, 0.15) is 28.4 Å². The molecule has 166 valence electrons. The van der Waals surface area contributed by atoms with Crippen molar-refractivity contribution < 1.29 is 14.5 Å². The minimum Gasteiger partial charge on any atom is -0.383 e. The van der Waals surface area contributed by atoms with Gasteiger partial charge in [0.05, 0.1) is 11.5 Å². The first kappa shape index (κ1) is 20.4. The smallest absolute Gasteiger partial charge is 0.334 e. The van der Waals surface area contributed by atoms with Crippen molar-refractivity contribution in [3.63, 3.8) is 0 Å². The quantitative estimate of drug-likeness (QED) is 0.452. The first-order valence-corrected chi connectivity index (χ1v) is 10.7. The predicted molar refractivity (Wildman–Crippen MR) is 118 cm³/mol. The maximum Gasteiger partial charge on any atom is 0.334 e. The Hall–Kier alpha value is -3.46. The zero-order valence-electron chi connectivity index (χ0n) is 17.8. The lowest BCUT2D eigenvalue weighted by atomic mass is 9.83. The van der Waals surface area contributed by atoms with Gasteiger partial charge in [-0.25, -0.2) is 0 Å². The molecule has 0 unspecified atom stereocenters. The zero-order chi connectivity index (χ0) is 22.4. The van der Waals surface area contributed by atoms with E-state index in [1.165, 1.54) is 10.6 Å². The molecule has 0 saturated carbocycles. The molecule has 2 aromatic heterocycles. The van der Waals surface area contributed by atoms with Crippen LogP contribution in [-0.2, 0) is 17.8 Å². The molecular formula is C23H24N4O5. The van der Waals surface area contributed by atoms with Gasteiger partial charge in [-0.05, 0) is 42.7 Å². The minimum absolute atomic E-state index is 0.00110. The Morgan fingerprint density at radius 2 is 2.03 bits per heavy atom. The number of fused-ring (bicyclic) bond motifs is 5. The van der Waals surface area contributed by atoms with Crippen LogP contribution in [0.25, 0.3) is 10.9 Å². The maximum atomic E-state index is 13.3. The van der Waals surface area contributed by atoms with Gasteiger partial charge in [-0.1, -0.05) is 0 Å². The molecule has 1 aromatic carbocycles. The fourth-order valence-corrected chi connectivity index (χ4v) is 5.14. The fraction of sp³-hybridized carbons (Fsp3) is 0.391. The van der Waals surface area contributed by atoms with Gasteiger partial charge >= 0.3 is 11.2 Å². The summed E-state index contributed by atoms with van der Waals surface area (Å²) >= 11 is 0. The number of likely N-dealkylation sites (tertiary alicyclic amines) is 1. The molecule has 2 bridgehead atoms. The molecule has 4 heterocycles. The number of hydrogen-bond acceptors (Lipinski definition) is 5. The monoisotopic (exact) mass is 436 g/mol. The normalized spacial score (nSPS) is 19.7. The van der Waals surface area contributed by atoms with E-state index in [9.17, 15) is 19.7 Å². The first-order chi connectivity index (χ1) is 15.5. The van der Waals surface area contributed by atoms with Crippen molar-refractivity contribution in [1.29, 1.82) is 0 Å². The number of methoxy groups -OCH3 is 1. The van der Waals surface area contributed by atoms with Crippen molar-refractivity contribution >= 4 is 22.5 Å². The van der Waals surface area contributed by atoms with Gasteiger partial charge < -0.3 is 18.8 Å². The minimum atomic E-state index is -0.630. The standard InChI is InChI=1S/C23H24N4O5/c1-32-9-8-24-7-6-16-11-17(2-3-19(16)24)22(28)25-12-15-10-18(14-25)20-4-5-21(27(30)31)23(29)26(20)13-15/h2-7,11,15,18H,8-10,12-14H2,1H3/t15-,18-/m0/s1. The van der Waals surface area contributed by atoms with Crippen LogP contribution in [0.15, 0.2) is 47.4 Å². The molecule has 0 N–H and O–H groups in total. The Morgan fingerprint density at radius 1 is 1.19 bits per heavy atom. The highest BCUT2D eigenvalue weighted by atomic mass is 16.6. The molecule has 0 spiro atoms. The predicted octanol–water partition coefficient (Wildman–Crippen LogP) is 2.62. The van der Waals surface area contributed by atoms with Gasteiger partial charge in [-0.3, -0.25) is 19.7 Å². The van der Waals surface area contributed by atoms with Crippen LogP contribution in [-0.4, -0.2) is 51.7 Å². The summed E-state index contributed by atoms with van der Waals surface area (Å²) < 4.78 is 8.79. The largest absolute Gasteiger partial charge is 0.383 e. The molecular weight excluding hydrogens is 412 g/mol. The Labute approximate surface area is 184 Å². The van der Waals surface area contributed by atoms with E-state index in [0.717, 1.165) is 29.6 Å². The van der Waals surface area contributed by atoms with E-state index in [0.29, 0.717) is 31.8 Å². The highest BCUT2D eigenvalue weighted by molar-refractivity contribution is 5.98. The molecule has 1 fully saturated rings. The number of nitrogens with zero attached hydrogens (tertiary/aromatic N) is 4. The van der Waals surface area contributed by atoms with Crippen LogP contribution in [0.4, 0.5) is 5.69 Å². The molecule has 1 amide bonds. The van der Waals surface area contributed by atoms with Crippen LogP contribution in [0.5, 0.6) is 0 Å². The summed E-state index contributed by atoms with van der Waals surface area (Å²) in [5, 5.41) is 12.1. The summed E-state index contributed by atoms with van der Waals surface area (Å²) in [4.78, 5) is 38.2. The molecule has 0 radical (unpaired) electrons. The van der Waals surface area contributed by atoms with Crippen molar-refractivity contribution in [1.82, 2.24) is 14.0 Å². The lowest BCUT2D eigenvalue weighted by molar-refractivity contribution is -0.386. The highest BCUT2D eigenvalue weighted by Gasteiger charge is 2.37. The second-order valence-electron chi connectivity index (χ2n) is 8.60. The average Bonchev–Trinajstić information content (AvgIpc) is 3.19. The lowest BCUT2D eigenvalue weighted by Gasteiger charge is -2.42. The van der Waals surface area contributed by atoms with Gasteiger partial charge in [-0.2, -0.15) is 0 Å². The number of benzene rings is 1. The molecule has 3 aromatic rings. The van der Waals surface area contributed by atoms with Crippen molar-refractivity contribution in [2.24, 2.45) is 5.92 Å². The summed E-state index contributed by atoms with van der Waals surface area (Å²) in [6.45, 7) is 2.81. The molecule has 9 heteroatoms. The highest BCUT2D eigenvalue weighted by Crippen LogP contribution is 2.36. The van der Waals surface area contributed by atoms with Crippen molar-refractivity contribution in [3.05, 3.63) is 74.3 Å². The summed E-state index contributed by atoms with van der Waals surface area (Å²) in [6, 6.07) is 10.7. The van der Waals surface area contributed by atoms with Gasteiger partial charge in [0.1, 0.15) is 0 Å². The van der Waals surface area contributed by atoms with Gasteiger partial charge in [0.25, 0.3) is 5.91 Å². The number of aromatic nitrogens is 2. The third-order valence-electron chi connectivity index (χ3n) is 6.62. The number of carbonyl (C=O) groups is 1. The number of rotatable bonds is 5. The Balaban J connectivity index is 1.39. The lowest BCUT2D eigenvalue weighted by Crippen LogP contribution is -2.49. The third kappa shape index (κ3) is 3.38. The van der Waals surface area contributed by atoms with E-state index in [-0.39, 0.29) is 17.7 Å². The van der Waals surface area contributed by atoms with Crippen molar-refractivity contribution in [2.75, 3.05) is 26.8 Å². The van der Waals surface area contributed by atoms with E-state index >= 15 is 0 Å². The molecule has 0 aliphatic carbocycles. The number of pyridine rings is 1. The summed E-state index contributed by atoms with van der Waals surface area (Å²) in [5.74, 6) is 0.0755. The topological polar surface area (TPSA) is 99.6 Å². The molecule has 2 atom stereocenters. The fourth-order valence-electron chi connectivity index (χ4n) is 5.14. The van der Waals surface area contributed by atoms with Gasteiger partial charge in [0.15, 0.2) is 0 Å². The van der Waals surface area contributed by atoms with E-state index in [1.807, 2.05) is 35.4 Å². The van der Waals surface area contributed by atoms with Crippen LogP contribution in [0, 0.1) is 16.0 Å². The SMILES string of the molecule is COCCn1ccc2cc(C(=O)N3C[C@@H]4C[C@@H](C3)c3ccc([N+](=O)[O-])c(=O)n3C4)ccc21. The first-order valence-electron chi connectivity index (χ1n) is 10.7. The number of nitro groups is 1. The third-order valence-corrected chi connectivity index (χ3v) is 6.62. The molecule has 32 heavy (non-hydrogen) atoms. The van der Waals surface area contributed by atoms with Gasteiger partial charge in [0.2, 0.25) is 0 Å². The van der Waals surface area contributed by atoms with Gasteiger partial charge in [-0.15, -0.1) is 0 Å². The van der Waals surface area contributed by atoms with Crippen LogP contribution >= 0.6 is 0 Å². The maximum absolute atomic E-state index is 13.3. The Bertz CT molecular complexity index is 1280. The number of hydrogen-bond donors (Lipinski definition) is 0. The van der Waals surface area contributed by atoms with E-state index in [1.54, 1.807) is 13.2 Å². The molecule has 9 nitrogen and oxygen atoms in total. The second-order valence-corrected chi connectivity index (χ2v) is 8.60. The number of amides is 1. The number of carbonyl (C=O) groups excluding carboxylic acids is 1. The molecule has 2 aliphatic heterocycles. The number of ether oxygens (including phenoxy) is 1. The van der Waals surface area contributed by atoms with Crippen LogP contribution in [0.2, 0.25) is 0 Å². The van der Waals surface area contributed by atoms with Gasteiger partial charge in [0, 0.05) is 73.6 Å². The van der Waals surface area contributed by atoms with E-state index in [4.69, 9.17) is 4.74 Å². The van der Waals surface area contributed by atoms with Crippen molar-refractivity contribution in [3.8, 4) is 0 Å². The van der Waals surface area contributed by atoms with Crippen molar-refractivity contribution in [2.45, 2.75) is 25.4 Å².